The molecule has 0 aliphatic heterocycles. The van der Waals surface area contributed by atoms with E-state index in [-0.39, 0.29) is 22.3 Å². The molecular formula is C14H19ClO5S. The topological polar surface area (TPSA) is 69.7 Å². The molecule has 0 spiro atoms. The molecule has 0 N–H and O–H groups in total. The van der Waals surface area contributed by atoms with Crippen LogP contribution in [0, 0.1) is 0 Å². The number of carbonyl (C=O) groups excluding carboxylic acids is 1. The van der Waals surface area contributed by atoms with Gasteiger partial charge in [-0.1, -0.05) is 13.3 Å². The predicted molar refractivity (Wildman–Crippen MR) is 80.4 cm³/mol. The second kappa shape index (κ2) is 7.66. The first-order valence-electron chi connectivity index (χ1n) is 6.68. The zero-order chi connectivity index (χ0) is 16.0. The molecule has 0 saturated heterocycles. The third kappa shape index (κ3) is 5.55. The highest BCUT2D eigenvalue weighted by Gasteiger charge is 2.21. The SMILES string of the molecule is CCCCOC(=O)c1ccc(OC(C)C)c(S(=O)(=O)Cl)c1. The van der Waals surface area contributed by atoms with E-state index < -0.39 is 15.0 Å². The van der Waals surface area contributed by atoms with Crippen molar-refractivity contribution < 1.29 is 22.7 Å². The first-order chi connectivity index (χ1) is 9.75. The second-order valence-electron chi connectivity index (χ2n) is 4.76. The molecule has 0 radical (unpaired) electrons. The maximum Gasteiger partial charge on any atom is 0.338 e. The summed E-state index contributed by atoms with van der Waals surface area (Å²) in [4.78, 5) is 11.6. The number of halogens is 1. The van der Waals surface area contributed by atoms with Gasteiger partial charge in [0.1, 0.15) is 10.6 Å². The molecule has 0 aliphatic carbocycles. The van der Waals surface area contributed by atoms with Crippen molar-refractivity contribution in [3.63, 3.8) is 0 Å². The Hall–Kier alpha value is -1.27. The summed E-state index contributed by atoms with van der Waals surface area (Å²) in [6.07, 6.45) is 1.43. The first kappa shape index (κ1) is 17.8. The van der Waals surface area contributed by atoms with Crippen molar-refractivity contribution in [2.45, 2.75) is 44.6 Å². The molecule has 0 amide bonds. The van der Waals surface area contributed by atoms with Crippen LogP contribution in [0.25, 0.3) is 0 Å². The van der Waals surface area contributed by atoms with Gasteiger partial charge in [0.15, 0.2) is 0 Å². The first-order valence-corrected chi connectivity index (χ1v) is 8.99. The summed E-state index contributed by atoms with van der Waals surface area (Å²) in [6, 6.07) is 4.04. The average Bonchev–Trinajstić information content (AvgIpc) is 2.37. The largest absolute Gasteiger partial charge is 0.490 e. The van der Waals surface area contributed by atoms with Crippen LogP contribution < -0.4 is 4.74 Å². The van der Waals surface area contributed by atoms with Crippen LogP contribution in [0.15, 0.2) is 23.1 Å². The fraction of sp³-hybridized carbons (Fsp3) is 0.500. The van der Waals surface area contributed by atoms with Crippen LogP contribution in [0.1, 0.15) is 44.0 Å². The summed E-state index contributed by atoms with van der Waals surface area (Å²) >= 11 is 0. The Bertz CT molecular complexity index is 595. The van der Waals surface area contributed by atoms with Gasteiger partial charge in [-0.25, -0.2) is 13.2 Å². The molecule has 5 nitrogen and oxygen atoms in total. The highest BCUT2D eigenvalue weighted by atomic mass is 35.7. The van der Waals surface area contributed by atoms with Crippen LogP contribution in [0.2, 0.25) is 0 Å². The molecule has 7 heteroatoms. The number of hydrogen-bond donors (Lipinski definition) is 0. The van der Waals surface area contributed by atoms with Gasteiger partial charge in [-0.05, 0) is 38.5 Å². The zero-order valence-corrected chi connectivity index (χ0v) is 13.8. The molecule has 0 aromatic heterocycles. The molecule has 0 unspecified atom stereocenters. The fourth-order valence-electron chi connectivity index (χ4n) is 1.57. The van der Waals surface area contributed by atoms with Gasteiger partial charge in [-0.3, -0.25) is 0 Å². The maximum absolute atomic E-state index is 11.8. The lowest BCUT2D eigenvalue weighted by atomic mass is 10.2. The Kier molecular flexibility index (Phi) is 6.48. The highest BCUT2D eigenvalue weighted by molar-refractivity contribution is 8.13. The monoisotopic (exact) mass is 334 g/mol. The lowest BCUT2D eigenvalue weighted by molar-refractivity contribution is 0.0499. The fourth-order valence-corrected chi connectivity index (χ4v) is 2.56. The minimum atomic E-state index is -4.02. The molecule has 21 heavy (non-hydrogen) atoms. The van der Waals surface area contributed by atoms with Gasteiger partial charge in [0.25, 0.3) is 9.05 Å². The third-order valence-electron chi connectivity index (χ3n) is 2.54. The number of benzene rings is 1. The van der Waals surface area contributed by atoms with E-state index in [9.17, 15) is 13.2 Å². The van der Waals surface area contributed by atoms with E-state index in [0.29, 0.717) is 6.61 Å². The summed E-state index contributed by atoms with van der Waals surface area (Å²) in [6.45, 7) is 5.79. The molecule has 0 saturated carbocycles. The van der Waals surface area contributed by atoms with E-state index in [0.717, 1.165) is 12.8 Å². The van der Waals surface area contributed by atoms with Gasteiger partial charge in [0, 0.05) is 10.7 Å². The van der Waals surface area contributed by atoms with Crippen molar-refractivity contribution in [1.82, 2.24) is 0 Å². The van der Waals surface area contributed by atoms with Crippen molar-refractivity contribution in [2.75, 3.05) is 6.61 Å². The average molecular weight is 335 g/mol. The lowest BCUT2D eigenvalue weighted by Gasteiger charge is -2.13. The highest BCUT2D eigenvalue weighted by Crippen LogP contribution is 2.29. The molecule has 1 aromatic rings. The quantitative estimate of drug-likeness (QED) is 0.434. The number of rotatable bonds is 7. The standard InChI is InChI=1S/C14H19ClO5S/c1-4-5-8-19-14(16)11-6-7-12(20-10(2)3)13(9-11)21(15,17)18/h6-7,9-10H,4-5,8H2,1-3H3. The summed E-state index contributed by atoms with van der Waals surface area (Å²) in [5.41, 5.74) is 0.126. The summed E-state index contributed by atoms with van der Waals surface area (Å²) < 4.78 is 33.6. The maximum atomic E-state index is 11.8. The van der Waals surface area contributed by atoms with Crippen LogP contribution >= 0.6 is 10.7 Å². The molecule has 0 bridgehead atoms. The van der Waals surface area contributed by atoms with Crippen molar-refractivity contribution in [1.29, 1.82) is 0 Å². The molecule has 0 atom stereocenters. The third-order valence-corrected chi connectivity index (χ3v) is 3.88. The minimum absolute atomic E-state index is 0.116. The van der Waals surface area contributed by atoms with Gasteiger partial charge in [-0.15, -0.1) is 0 Å². The number of unbranched alkanes of at least 4 members (excludes halogenated alkanes) is 1. The molecule has 0 heterocycles. The summed E-state index contributed by atoms with van der Waals surface area (Å²) in [5, 5.41) is 0. The Morgan fingerprint density at radius 1 is 1.33 bits per heavy atom. The smallest absolute Gasteiger partial charge is 0.338 e. The number of hydrogen-bond acceptors (Lipinski definition) is 5. The number of carbonyl (C=O) groups is 1. The van der Waals surface area contributed by atoms with Crippen molar-refractivity contribution in [2.24, 2.45) is 0 Å². The molecule has 0 fully saturated rings. The van der Waals surface area contributed by atoms with Crippen LogP contribution in [0.3, 0.4) is 0 Å². The van der Waals surface area contributed by atoms with Crippen molar-refractivity contribution >= 4 is 25.7 Å². The van der Waals surface area contributed by atoms with Crippen LogP contribution in [0.4, 0.5) is 0 Å². The van der Waals surface area contributed by atoms with E-state index in [1.54, 1.807) is 13.8 Å². The van der Waals surface area contributed by atoms with Gasteiger partial charge in [0.05, 0.1) is 18.3 Å². The van der Waals surface area contributed by atoms with E-state index in [1.165, 1.54) is 18.2 Å². The molecular weight excluding hydrogens is 316 g/mol. The molecule has 1 rings (SSSR count). The lowest BCUT2D eigenvalue weighted by Crippen LogP contribution is -2.11. The van der Waals surface area contributed by atoms with Gasteiger partial charge in [-0.2, -0.15) is 0 Å². The van der Waals surface area contributed by atoms with E-state index in [2.05, 4.69) is 0 Å². The van der Waals surface area contributed by atoms with E-state index in [4.69, 9.17) is 20.2 Å². The van der Waals surface area contributed by atoms with Gasteiger partial charge in [0.2, 0.25) is 0 Å². The predicted octanol–water partition coefficient (Wildman–Crippen LogP) is 3.36. The Morgan fingerprint density at radius 2 is 2.00 bits per heavy atom. The van der Waals surface area contributed by atoms with E-state index >= 15 is 0 Å². The number of ether oxygens (including phenoxy) is 2. The number of esters is 1. The van der Waals surface area contributed by atoms with Crippen molar-refractivity contribution in [3.05, 3.63) is 23.8 Å². The Morgan fingerprint density at radius 3 is 2.52 bits per heavy atom. The molecule has 118 valence electrons. The van der Waals surface area contributed by atoms with Crippen molar-refractivity contribution in [3.8, 4) is 5.75 Å². The van der Waals surface area contributed by atoms with Crippen LogP contribution in [-0.4, -0.2) is 27.1 Å². The van der Waals surface area contributed by atoms with Gasteiger partial charge < -0.3 is 9.47 Å². The Balaban J connectivity index is 3.07. The summed E-state index contributed by atoms with van der Waals surface area (Å²) in [7, 11) is 1.37. The minimum Gasteiger partial charge on any atom is -0.490 e. The molecule has 1 aromatic carbocycles. The second-order valence-corrected chi connectivity index (χ2v) is 7.29. The zero-order valence-electron chi connectivity index (χ0n) is 12.3. The van der Waals surface area contributed by atoms with Gasteiger partial charge >= 0.3 is 5.97 Å². The normalized spacial score (nSPS) is 11.5. The molecule has 0 aliphatic rings. The summed E-state index contributed by atoms with van der Waals surface area (Å²) in [5.74, 6) is -0.466. The van der Waals surface area contributed by atoms with Crippen LogP contribution in [-0.2, 0) is 13.8 Å². The van der Waals surface area contributed by atoms with Crippen LogP contribution in [0.5, 0.6) is 5.75 Å². The van der Waals surface area contributed by atoms with E-state index in [1.807, 2.05) is 6.92 Å². The Labute approximate surface area is 129 Å².